The molecule has 0 saturated heterocycles. The van der Waals surface area contributed by atoms with E-state index in [1.165, 1.54) is 17.7 Å². The molecule has 0 radical (unpaired) electrons. The molecule has 0 amide bonds. The second kappa shape index (κ2) is 8.16. The summed E-state index contributed by atoms with van der Waals surface area (Å²) in [5.74, 6) is 0. The van der Waals surface area contributed by atoms with Crippen LogP contribution >= 0.6 is 51.5 Å². The lowest BCUT2D eigenvalue weighted by atomic mass is 9.62. The van der Waals surface area contributed by atoms with Crippen molar-refractivity contribution in [2.45, 2.75) is 64.5 Å². The van der Waals surface area contributed by atoms with Gasteiger partial charge in [0.1, 0.15) is 0 Å². The molecule has 0 spiro atoms. The number of benzene rings is 1. The average molecular weight is 464 g/mol. The zero-order chi connectivity index (χ0) is 17.5. The van der Waals surface area contributed by atoms with E-state index in [2.05, 4.69) is 43.7 Å². The van der Waals surface area contributed by atoms with Crippen molar-refractivity contribution in [1.29, 1.82) is 0 Å². The predicted octanol–water partition coefficient (Wildman–Crippen LogP) is 6.79. The lowest BCUT2D eigenvalue weighted by molar-refractivity contribution is 0.278. The highest BCUT2D eigenvalue weighted by molar-refractivity contribution is 8.93. The van der Waals surface area contributed by atoms with Crippen LogP contribution in [-0.4, -0.2) is 10.6 Å². The van der Waals surface area contributed by atoms with Crippen molar-refractivity contribution >= 4 is 51.5 Å². The number of hydrogen-bond donors (Lipinski definition) is 0. The van der Waals surface area contributed by atoms with Crippen LogP contribution in [0.2, 0.25) is 10.0 Å². The summed E-state index contributed by atoms with van der Waals surface area (Å²) < 4.78 is 2.41. The van der Waals surface area contributed by atoms with Crippen molar-refractivity contribution in [3.63, 3.8) is 0 Å². The van der Waals surface area contributed by atoms with Gasteiger partial charge in [-0.25, -0.2) is 0 Å². The summed E-state index contributed by atoms with van der Waals surface area (Å²) in [6.45, 7) is 8.72. The largest absolute Gasteiger partial charge is 0.318 e. The number of thiazole rings is 1. The molecule has 1 saturated carbocycles. The summed E-state index contributed by atoms with van der Waals surface area (Å²) in [6.07, 6.45) is 3.54. The molecule has 3 rings (SSSR count). The Balaban J connectivity index is 0.00000225. The molecule has 2 nitrogen and oxygen atoms in total. The van der Waals surface area contributed by atoms with E-state index in [-0.39, 0.29) is 22.4 Å². The topological polar surface area (TPSA) is 17.3 Å². The van der Waals surface area contributed by atoms with Crippen molar-refractivity contribution in [2.24, 2.45) is 4.99 Å². The minimum Gasteiger partial charge on any atom is -0.318 e. The predicted molar refractivity (Wildman–Crippen MR) is 115 cm³/mol. The fraction of sp³-hybridized carbons (Fsp3) is 0.526. The van der Waals surface area contributed by atoms with Crippen LogP contribution in [0.1, 0.15) is 64.3 Å². The van der Waals surface area contributed by atoms with Gasteiger partial charge < -0.3 is 4.57 Å². The average Bonchev–Trinajstić information content (AvgIpc) is 2.85. The monoisotopic (exact) mass is 462 g/mol. The molecule has 138 valence electrons. The van der Waals surface area contributed by atoms with Crippen LogP contribution in [0.3, 0.4) is 0 Å². The molecule has 6 heteroatoms. The molecule has 0 aliphatic heterocycles. The maximum Gasteiger partial charge on any atom is 0.185 e. The fourth-order valence-corrected chi connectivity index (χ4v) is 5.05. The summed E-state index contributed by atoms with van der Waals surface area (Å²) in [4.78, 5) is 5.95. The van der Waals surface area contributed by atoms with Gasteiger partial charge in [-0.15, -0.1) is 28.3 Å². The maximum absolute atomic E-state index is 6.31. The SMILES string of the molecule is Br.CC(C)/N=c1/scc(C2(c3ccc(Cl)c(Cl)c3)CCC2)n1C(C)C. The minimum absolute atomic E-state index is 0. The van der Waals surface area contributed by atoms with E-state index < -0.39 is 0 Å². The van der Waals surface area contributed by atoms with Crippen molar-refractivity contribution < 1.29 is 0 Å². The van der Waals surface area contributed by atoms with Gasteiger partial charge in [0, 0.05) is 28.6 Å². The van der Waals surface area contributed by atoms with Crippen LogP contribution in [-0.2, 0) is 5.41 Å². The molecule has 1 aliphatic rings. The van der Waals surface area contributed by atoms with E-state index in [0.717, 1.165) is 17.6 Å². The number of nitrogens with zero attached hydrogens (tertiary/aromatic N) is 2. The van der Waals surface area contributed by atoms with Crippen LogP contribution in [0.15, 0.2) is 28.6 Å². The molecule has 1 heterocycles. The Hall–Kier alpha value is -0.290. The second-order valence-electron chi connectivity index (χ2n) is 7.15. The number of rotatable bonds is 4. The van der Waals surface area contributed by atoms with Crippen LogP contribution in [0.4, 0.5) is 0 Å². The third-order valence-corrected chi connectivity index (χ3v) is 6.39. The fourth-order valence-electron chi connectivity index (χ4n) is 3.50. The molecule has 0 atom stereocenters. The number of halogens is 3. The summed E-state index contributed by atoms with van der Waals surface area (Å²) in [7, 11) is 0. The Kier molecular flexibility index (Phi) is 6.86. The summed E-state index contributed by atoms with van der Waals surface area (Å²) in [5.41, 5.74) is 2.68. The molecule has 0 bridgehead atoms. The first-order chi connectivity index (χ1) is 11.3. The van der Waals surface area contributed by atoms with E-state index in [0.29, 0.717) is 22.1 Å². The van der Waals surface area contributed by atoms with Gasteiger partial charge in [0.05, 0.1) is 10.0 Å². The second-order valence-corrected chi connectivity index (χ2v) is 8.81. The Morgan fingerprint density at radius 1 is 1.12 bits per heavy atom. The smallest absolute Gasteiger partial charge is 0.185 e. The van der Waals surface area contributed by atoms with Crippen molar-refractivity contribution in [1.82, 2.24) is 4.57 Å². The van der Waals surface area contributed by atoms with Gasteiger partial charge in [-0.2, -0.15) is 0 Å². The van der Waals surface area contributed by atoms with E-state index in [9.17, 15) is 0 Å². The third kappa shape index (κ3) is 3.87. The first-order valence-corrected chi connectivity index (χ1v) is 10.2. The Labute approximate surface area is 174 Å². The molecule has 0 N–H and O–H groups in total. The Bertz CT molecular complexity index is 804. The van der Waals surface area contributed by atoms with Gasteiger partial charge >= 0.3 is 0 Å². The Morgan fingerprint density at radius 3 is 2.28 bits per heavy atom. The van der Waals surface area contributed by atoms with Gasteiger partial charge in [-0.3, -0.25) is 4.99 Å². The van der Waals surface area contributed by atoms with E-state index in [4.69, 9.17) is 28.2 Å². The molecular weight excluding hydrogens is 439 g/mol. The molecule has 25 heavy (non-hydrogen) atoms. The minimum atomic E-state index is 0. The lowest BCUT2D eigenvalue weighted by Gasteiger charge is -2.43. The molecule has 1 aromatic heterocycles. The quantitative estimate of drug-likeness (QED) is 0.474. The first kappa shape index (κ1) is 21.0. The van der Waals surface area contributed by atoms with Gasteiger partial charge in [-0.1, -0.05) is 35.7 Å². The van der Waals surface area contributed by atoms with Crippen molar-refractivity contribution in [3.8, 4) is 0 Å². The van der Waals surface area contributed by atoms with Crippen LogP contribution in [0, 0.1) is 0 Å². The van der Waals surface area contributed by atoms with Gasteiger partial charge in [0.25, 0.3) is 0 Å². The molecule has 0 unspecified atom stereocenters. The number of aromatic nitrogens is 1. The number of hydrogen-bond acceptors (Lipinski definition) is 2. The van der Waals surface area contributed by atoms with E-state index in [1.807, 2.05) is 12.1 Å². The molecular formula is C19H25BrCl2N2S. The van der Waals surface area contributed by atoms with Crippen LogP contribution in [0.25, 0.3) is 0 Å². The highest BCUT2D eigenvalue weighted by Gasteiger charge is 2.43. The Morgan fingerprint density at radius 2 is 1.80 bits per heavy atom. The zero-order valence-corrected chi connectivity index (χ0v) is 19.1. The molecule has 2 aromatic rings. The molecule has 1 fully saturated rings. The van der Waals surface area contributed by atoms with E-state index >= 15 is 0 Å². The van der Waals surface area contributed by atoms with Crippen LogP contribution < -0.4 is 4.80 Å². The van der Waals surface area contributed by atoms with Crippen LogP contribution in [0.5, 0.6) is 0 Å². The van der Waals surface area contributed by atoms with Crippen molar-refractivity contribution in [2.75, 3.05) is 0 Å². The summed E-state index contributed by atoms with van der Waals surface area (Å²) in [6, 6.07) is 6.78. The summed E-state index contributed by atoms with van der Waals surface area (Å²) in [5, 5.41) is 3.55. The highest BCUT2D eigenvalue weighted by Crippen LogP contribution is 2.50. The maximum atomic E-state index is 6.31. The van der Waals surface area contributed by atoms with Gasteiger partial charge in [0.2, 0.25) is 0 Å². The lowest BCUT2D eigenvalue weighted by Crippen LogP contribution is -2.39. The van der Waals surface area contributed by atoms with Crippen molar-refractivity contribution in [3.05, 3.63) is 49.7 Å². The van der Waals surface area contributed by atoms with Gasteiger partial charge in [0.15, 0.2) is 4.80 Å². The van der Waals surface area contributed by atoms with E-state index in [1.54, 1.807) is 11.3 Å². The normalized spacial score (nSPS) is 16.9. The third-order valence-electron chi connectivity index (χ3n) is 4.80. The van der Waals surface area contributed by atoms with Gasteiger partial charge in [-0.05, 0) is 58.2 Å². The molecule has 1 aliphatic carbocycles. The standard InChI is InChI=1S/C19H24Cl2N2S.BrH/c1-12(2)22-18-23(13(3)4)17(11-24-18)19(8-5-9-19)14-6-7-15(20)16(21)10-14;/h6-7,10-13H,5,8-9H2,1-4H3;1H/b22-18+;. The molecule has 1 aromatic carbocycles. The summed E-state index contributed by atoms with van der Waals surface area (Å²) >= 11 is 14.2. The first-order valence-electron chi connectivity index (χ1n) is 8.55. The zero-order valence-electron chi connectivity index (χ0n) is 15.1. The highest BCUT2D eigenvalue weighted by atomic mass is 79.9.